The van der Waals surface area contributed by atoms with E-state index in [0.717, 1.165) is 57.8 Å². The van der Waals surface area contributed by atoms with Gasteiger partial charge in [-0.15, -0.1) is 0 Å². The first-order valence-corrected chi connectivity index (χ1v) is 8.53. The molecule has 0 unspecified atom stereocenters. The molecule has 2 N–H and O–H groups in total. The first kappa shape index (κ1) is 19.2. The van der Waals surface area contributed by atoms with E-state index in [1.165, 1.54) is 25.9 Å². The molecule has 1 fully saturated rings. The Bertz CT molecular complexity index is 292. The molecule has 22 heavy (non-hydrogen) atoms. The van der Waals surface area contributed by atoms with Crippen LogP contribution in [0.2, 0.25) is 0 Å². The van der Waals surface area contributed by atoms with Crippen LogP contribution in [-0.4, -0.2) is 77.6 Å². The number of guanidine groups is 1. The molecular formula is C16H34N4O2. The van der Waals surface area contributed by atoms with E-state index in [9.17, 15) is 0 Å². The third-order valence-corrected chi connectivity index (χ3v) is 4.06. The molecular weight excluding hydrogens is 280 g/mol. The number of nitrogens with one attached hydrogen (secondary N) is 2. The summed E-state index contributed by atoms with van der Waals surface area (Å²) in [6.45, 7) is 9.76. The predicted octanol–water partition coefficient (Wildman–Crippen LogP) is 0.936. The van der Waals surface area contributed by atoms with Crippen LogP contribution in [-0.2, 0) is 9.47 Å². The van der Waals surface area contributed by atoms with E-state index >= 15 is 0 Å². The molecule has 0 amide bonds. The summed E-state index contributed by atoms with van der Waals surface area (Å²) in [5, 5.41) is 6.78. The lowest BCUT2D eigenvalue weighted by atomic mass is 9.97. The van der Waals surface area contributed by atoms with Gasteiger partial charge in [0.1, 0.15) is 0 Å². The van der Waals surface area contributed by atoms with Crippen molar-refractivity contribution in [2.24, 2.45) is 10.9 Å². The number of piperidine rings is 1. The number of nitrogens with zero attached hydrogens (tertiary/aromatic N) is 2. The zero-order valence-corrected chi connectivity index (χ0v) is 14.6. The number of hydrogen-bond acceptors (Lipinski definition) is 4. The van der Waals surface area contributed by atoms with Crippen LogP contribution in [0.4, 0.5) is 0 Å². The fourth-order valence-corrected chi connectivity index (χ4v) is 2.62. The second-order valence-electron chi connectivity index (χ2n) is 5.71. The minimum absolute atomic E-state index is 0.737. The Labute approximate surface area is 135 Å². The summed E-state index contributed by atoms with van der Waals surface area (Å²) in [6.07, 6.45) is 3.50. The van der Waals surface area contributed by atoms with E-state index in [-0.39, 0.29) is 0 Å². The van der Waals surface area contributed by atoms with Crippen molar-refractivity contribution >= 4 is 5.96 Å². The lowest BCUT2D eigenvalue weighted by Gasteiger charge is -2.32. The van der Waals surface area contributed by atoms with Gasteiger partial charge in [-0.2, -0.15) is 0 Å². The highest BCUT2D eigenvalue weighted by atomic mass is 16.5. The van der Waals surface area contributed by atoms with Gasteiger partial charge in [0.2, 0.25) is 0 Å². The lowest BCUT2D eigenvalue weighted by molar-refractivity contribution is 0.121. The van der Waals surface area contributed by atoms with Crippen LogP contribution in [0.5, 0.6) is 0 Å². The Morgan fingerprint density at radius 1 is 1.23 bits per heavy atom. The van der Waals surface area contributed by atoms with E-state index in [2.05, 4.69) is 20.5 Å². The maximum absolute atomic E-state index is 5.33. The summed E-state index contributed by atoms with van der Waals surface area (Å²) < 4.78 is 10.5. The van der Waals surface area contributed by atoms with Gasteiger partial charge >= 0.3 is 0 Å². The van der Waals surface area contributed by atoms with Gasteiger partial charge < -0.3 is 25.0 Å². The van der Waals surface area contributed by atoms with Crippen LogP contribution in [0.15, 0.2) is 4.99 Å². The van der Waals surface area contributed by atoms with Gasteiger partial charge in [0.25, 0.3) is 0 Å². The molecule has 0 saturated carbocycles. The second-order valence-corrected chi connectivity index (χ2v) is 5.71. The normalized spacial score (nSPS) is 17.7. The van der Waals surface area contributed by atoms with Crippen LogP contribution >= 0.6 is 0 Å². The van der Waals surface area contributed by atoms with Crippen molar-refractivity contribution in [3.05, 3.63) is 0 Å². The Morgan fingerprint density at radius 2 is 2.00 bits per heavy atom. The highest BCUT2D eigenvalue weighted by Crippen LogP contribution is 2.15. The molecule has 0 spiro atoms. The maximum atomic E-state index is 5.33. The van der Waals surface area contributed by atoms with Crippen LogP contribution in [0.25, 0.3) is 0 Å². The van der Waals surface area contributed by atoms with Crippen molar-refractivity contribution < 1.29 is 9.47 Å². The fraction of sp³-hybridized carbons (Fsp3) is 0.938. The van der Waals surface area contributed by atoms with Crippen molar-refractivity contribution in [3.63, 3.8) is 0 Å². The van der Waals surface area contributed by atoms with Gasteiger partial charge in [0.05, 0.1) is 6.61 Å². The fourth-order valence-electron chi connectivity index (χ4n) is 2.62. The molecule has 1 heterocycles. The SMILES string of the molecule is CCOCCCNC(=NC)NCC1CCN(CCOC)CC1. The smallest absolute Gasteiger partial charge is 0.190 e. The predicted molar refractivity (Wildman–Crippen MR) is 91.5 cm³/mol. The molecule has 1 rings (SSSR count). The quantitative estimate of drug-likeness (QED) is 0.357. The summed E-state index contributed by atoms with van der Waals surface area (Å²) in [5.74, 6) is 1.64. The van der Waals surface area contributed by atoms with Crippen LogP contribution in [0, 0.1) is 5.92 Å². The first-order chi connectivity index (χ1) is 10.8. The molecule has 1 aliphatic heterocycles. The molecule has 0 aromatic carbocycles. The van der Waals surface area contributed by atoms with Gasteiger partial charge in [0.15, 0.2) is 5.96 Å². The summed E-state index contributed by atoms with van der Waals surface area (Å²) >= 11 is 0. The minimum Gasteiger partial charge on any atom is -0.383 e. The molecule has 0 bridgehead atoms. The van der Waals surface area contributed by atoms with Crippen molar-refractivity contribution in [2.45, 2.75) is 26.2 Å². The molecule has 0 atom stereocenters. The zero-order valence-electron chi connectivity index (χ0n) is 14.6. The molecule has 1 saturated heterocycles. The number of likely N-dealkylation sites (tertiary alicyclic amines) is 1. The zero-order chi connectivity index (χ0) is 16.0. The number of ether oxygens (including phenoxy) is 2. The monoisotopic (exact) mass is 314 g/mol. The molecule has 0 aliphatic carbocycles. The standard InChI is InChI=1S/C16H34N4O2/c1-4-22-12-5-8-18-16(17-2)19-14-15-6-9-20(10-7-15)11-13-21-3/h15H,4-14H2,1-3H3,(H2,17,18,19). The van der Waals surface area contributed by atoms with Crippen molar-refractivity contribution in [1.29, 1.82) is 0 Å². The van der Waals surface area contributed by atoms with E-state index in [4.69, 9.17) is 9.47 Å². The van der Waals surface area contributed by atoms with Crippen molar-refractivity contribution in [3.8, 4) is 0 Å². The molecule has 6 nitrogen and oxygen atoms in total. The van der Waals surface area contributed by atoms with E-state index in [1.807, 2.05) is 14.0 Å². The van der Waals surface area contributed by atoms with Gasteiger partial charge in [-0.05, 0) is 45.2 Å². The Morgan fingerprint density at radius 3 is 2.64 bits per heavy atom. The number of hydrogen-bond donors (Lipinski definition) is 2. The summed E-state index contributed by atoms with van der Waals surface area (Å²) in [4.78, 5) is 6.76. The van der Waals surface area contributed by atoms with E-state index < -0.39 is 0 Å². The topological polar surface area (TPSA) is 58.1 Å². The van der Waals surface area contributed by atoms with E-state index in [1.54, 1.807) is 7.11 Å². The lowest BCUT2D eigenvalue weighted by Crippen LogP contribution is -2.43. The minimum atomic E-state index is 0.737. The molecule has 6 heteroatoms. The molecule has 130 valence electrons. The maximum Gasteiger partial charge on any atom is 0.190 e. The van der Waals surface area contributed by atoms with Crippen molar-refractivity contribution in [1.82, 2.24) is 15.5 Å². The first-order valence-electron chi connectivity index (χ1n) is 8.53. The molecule has 0 aromatic rings. The van der Waals surface area contributed by atoms with Crippen LogP contribution < -0.4 is 10.6 Å². The highest BCUT2D eigenvalue weighted by Gasteiger charge is 2.18. The number of rotatable bonds is 10. The van der Waals surface area contributed by atoms with E-state index in [0.29, 0.717) is 0 Å². The third-order valence-electron chi connectivity index (χ3n) is 4.06. The average molecular weight is 314 g/mol. The Balaban J connectivity index is 2.09. The molecule has 1 aliphatic rings. The van der Waals surface area contributed by atoms with Gasteiger partial charge in [0, 0.05) is 47.0 Å². The van der Waals surface area contributed by atoms with Gasteiger partial charge in [-0.1, -0.05) is 0 Å². The average Bonchev–Trinajstić information content (AvgIpc) is 2.56. The summed E-state index contributed by atoms with van der Waals surface area (Å²) in [7, 11) is 3.59. The second kappa shape index (κ2) is 12.7. The number of aliphatic imine (C=N–C) groups is 1. The largest absolute Gasteiger partial charge is 0.383 e. The molecule has 0 radical (unpaired) electrons. The summed E-state index contributed by atoms with van der Waals surface area (Å²) in [5.41, 5.74) is 0. The Hall–Kier alpha value is -0.850. The highest BCUT2D eigenvalue weighted by molar-refractivity contribution is 5.79. The van der Waals surface area contributed by atoms with Crippen LogP contribution in [0.3, 0.4) is 0 Å². The van der Waals surface area contributed by atoms with Crippen LogP contribution in [0.1, 0.15) is 26.2 Å². The Kier molecular flexibility index (Phi) is 11.1. The number of methoxy groups -OCH3 is 1. The summed E-state index contributed by atoms with van der Waals surface area (Å²) in [6, 6.07) is 0. The molecule has 0 aromatic heterocycles. The van der Waals surface area contributed by atoms with Gasteiger partial charge in [-0.3, -0.25) is 4.99 Å². The van der Waals surface area contributed by atoms with Crippen molar-refractivity contribution in [2.75, 3.05) is 66.7 Å². The van der Waals surface area contributed by atoms with Gasteiger partial charge in [-0.25, -0.2) is 0 Å². The third kappa shape index (κ3) is 8.56.